The molecule has 0 aliphatic rings. The van der Waals surface area contributed by atoms with E-state index in [1.807, 2.05) is 0 Å². The SMILES string of the molecule is CCNCCCNC(CCCCCCCN)CCCNCC. The Balaban J connectivity index is 3.69. The summed E-state index contributed by atoms with van der Waals surface area (Å²) in [5.74, 6) is 0. The minimum atomic E-state index is 0.704. The maximum Gasteiger partial charge on any atom is 0.00675 e. The van der Waals surface area contributed by atoms with Gasteiger partial charge >= 0.3 is 0 Å². The van der Waals surface area contributed by atoms with Gasteiger partial charge in [0.2, 0.25) is 0 Å². The van der Waals surface area contributed by atoms with Crippen molar-refractivity contribution in [2.45, 2.75) is 77.7 Å². The van der Waals surface area contributed by atoms with E-state index in [9.17, 15) is 0 Å². The van der Waals surface area contributed by atoms with Crippen LogP contribution in [0.25, 0.3) is 0 Å². The summed E-state index contributed by atoms with van der Waals surface area (Å²) in [6.45, 7) is 10.8. The highest BCUT2D eigenvalue weighted by atomic mass is 14.9. The molecule has 1 atom stereocenters. The first-order valence-corrected chi connectivity index (χ1v) is 9.70. The van der Waals surface area contributed by atoms with Crippen molar-refractivity contribution in [3.8, 4) is 0 Å². The van der Waals surface area contributed by atoms with Crippen LogP contribution in [-0.2, 0) is 0 Å². The zero-order valence-electron chi connectivity index (χ0n) is 15.3. The van der Waals surface area contributed by atoms with Crippen LogP contribution >= 0.6 is 0 Å². The molecule has 0 bridgehead atoms. The summed E-state index contributed by atoms with van der Waals surface area (Å²) in [6, 6.07) is 0.704. The zero-order chi connectivity index (χ0) is 16.3. The first-order chi connectivity index (χ1) is 10.8. The average Bonchev–Trinajstić information content (AvgIpc) is 2.53. The molecule has 0 fully saturated rings. The van der Waals surface area contributed by atoms with Gasteiger partial charge in [-0.3, -0.25) is 0 Å². The molecular weight excluding hydrogens is 272 g/mol. The third-order valence-electron chi connectivity index (χ3n) is 4.13. The van der Waals surface area contributed by atoms with Crippen LogP contribution < -0.4 is 21.7 Å². The van der Waals surface area contributed by atoms with Gasteiger partial charge in [-0.1, -0.05) is 39.5 Å². The highest BCUT2D eigenvalue weighted by Crippen LogP contribution is 2.10. The molecule has 4 nitrogen and oxygen atoms in total. The van der Waals surface area contributed by atoms with Crippen LogP contribution in [0, 0.1) is 0 Å². The average molecular weight is 315 g/mol. The smallest absolute Gasteiger partial charge is 0.00675 e. The molecule has 0 amide bonds. The second-order valence-electron chi connectivity index (χ2n) is 6.20. The number of nitrogens with one attached hydrogen (secondary N) is 3. The van der Waals surface area contributed by atoms with Crippen LogP contribution in [0.5, 0.6) is 0 Å². The van der Waals surface area contributed by atoms with Gasteiger partial charge < -0.3 is 21.7 Å². The van der Waals surface area contributed by atoms with Gasteiger partial charge in [0.25, 0.3) is 0 Å². The summed E-state index contributed by atoms with van der Waals surface area (Å²) in [4.78, 5) is 0. The molecule has 0 saturated heterocycles. The summed E-state index contributed by atoms with van der Waals surface area (Å²) in [7, 11) is 0. The van der Waals surface area contributed by atoms with E-state index in [0.29, 0.717) is 6.04 Å². The van der Waals surface area contributed by atoms with Crippen LogP contribution in [0.15, 0.2) is 0 Å². The van der Waals surface area contributed by atoms with Crippen molar-refractivity contribution in [3.05, 3.63) is 0 Å². The summed E-state index contributed by atoms with van der Waals surface area (Å²) < 4.78 is 0. The highest BCUT2D eigenvalue weighted by molar-refractivity contribution is 4.68. The third kappa shape index (κ3) is 16.2. The van der Waals surface area contributed by atoms with Crippen molar-refractivity contribution in [3.63, 3.8) is 0 Å². The Kier molecular flexibility index (Phi) is 18.8. The molecule has 0 aromatic heterocycles. The number of rotatable bonds is 18. The first kappa shape index (κ1) is 21.8. The van der Waals surface area contributed by atoms with Gasteiger partial charge in [0.1, 0.15) is 0 Å². The molecular formula is C18H42N4. The van der Waals surface area contributed by atoms with Crippen molar-refractivity contribution in [2.24, 2.45) is 5.73 Å². The van der Waals surface area contributed by atoms with E-state index in [4.69, 9.17) is 5.73 Å². The highest BCUT2D eigenvalue weighted by Gasteiger charge is 2.07. The lowest BCUT2D eigenvalue weighted by Gasteiger charge is -2.19. The van der Waals surface area contributed by atoms with Crippen molar-refractivity contribution in [1.82, 2.24) is 16.0 Å². The van der Waals surface area contributed by atoms with Crippen molar-refractivity contribution >= 4 is 0 Å². The number of hydrogen-bond acceptors (Lipinski definition) is 4. The quantitative estimate of drug-likeness (QED) is 0.294. The van der Waals surface area contributed by atoms with Gasteiger partial charge in [-0.2, -0.15) is 0 Å². The van der Waals surface area contributed by atoms with Crippen molar-refractivity contribution in [2.75, 3.05) is 39.3 Å². The molecule has 4 heteroatoms. The second-order valence-corrected chi connectivity index (χ2v) is 6.20. The van der Waals surface area contributed by atoms with Crippen LogP contribution in [0.1, 0.15) is 71.6 Å². The lowest BCUT2D eigenvalue weighted by atomic mass is 10.0. The Labute approximate surface area is 139 Å². The third-order valence-corrected chi connectivity index (χ3v) is 4.13. The fourth-order valence-corrected chi connectivity index (χ4v) is 2.76. The summed E-state index contributed by atoms with van der Waals surface area (Å²) in [6.07, 6.45) is 11.7. The Morgan fingerprint density at radius 3 is 1.95 bits per heavy atom. The topological polar surface area (TPSA) is 62.1 Å². The Bertz CT molecular complexity index is 200. The van der Waals surface area contributed by atoms with Crippen LogP contribution in [0.2, 0.25) is 0 Å². The molecule has 0 heterocycles. The second kappa shape index (κ2) is 18.9. The van der Waals surface area contributed by atoms with E-state index in [1.54, 1.807) is 0 Å². The predicted octanol–water partition coefficient (Wildman–Crippen LogP) is 2.63. The minimum Gasteiger partial charge on any atom is -0.330 e. The fraction of sp³-hybridized carbons (Fsp3) is 1.00. The van der Waals surface area contributed by atoms with E-state index in [0.717, 1.165) is 39.3 Å². The molecule has 0 aliphatic carbocycles. The molecule has 5 N–H and O–H groups in total. The van der Waals surface area contributed by atoms with Gasteiger partial charge in [0.05, 0.1) is 0 Å². The van der Waals surface area contributed by atoms with Gasteiger partial charge in [0.15, 0.2) is 0 Å². The maximum atomic E-state index is 5.54. The van der Waals surface area contributed by atoms with E-state index < -0.39 is 0 Å². The number of unbranched alkanes of at least 4 members (excludes halogenated alkanes) is 4. The Hall–Kier alpha value is -0.160. The van der Waals surface area contributed by atoms with Crippen LogP contribution in [0.3, 0.4) is 0 Å². The van der Waals surface area contributed by atoms with Crippen molar-refractivity contribution < 1.29 is 0 Å². The number of nitrogens with two attached hydrogens (primary N) is 1. The monoisotopic (exact) mass is 314 g/mol. The Morgan fingerprint density at radius 1 is 0.682 bits per heavy atom. The summed E-state index contributed by atoms with van der Waals surface area (Å²) in [5, 5.41) is 10.6. The predicted molar refractivity (Wildman–Crippen MR) is 99.5 cm³/mol. The van der Waals surface area contributed by atoms with E-state index >= 15 is 0 Å². The van der Waals surface area contributed by atoms with Gasteiger partial charge in [0, 0.05) is 6.04 Å². The zero-order valence-corrected chi connectivity index (χ0v) is 15.3. The van der Waals surface area contributed by atoms with Gasteiger partial charge in [-0.05, 0) is 71.4 Å². The molecule has 134 valence electrons. The summed E-state index contributed by atoms with van der Waals surface area (Å²) >= 11 is 0. The normalized spacial score (nSPS) is 12.7. The molecule has 0 spiro atoms. The molecule has 1 unspecified atom stereocenters. The van der Waals surface area contributed by atoms with E-state index in [-0.39, 0.29) is 0 Å². The summed E-state index contributed by atoms with van der Waals surface area (Å²) in [5.41, 5.74) is 5.54. The molecule has 0 aromatic carbocycles. The lowest BCUT2D eigenvalue weighted by molar-refractivity contribution is 0.413. The molecule has 0 rings (SSSR count). The molecule has 0 saturated carbocycles. The van der Waals surface area contributed by atoms with Crippen LogP contribution in [-0.4, -0.2) is 45.3 Å². The van der Waals surface area contributed by atoms with Crippen LogP contribution in [0.4, 0.5) is 0 Å². The van der Waals surface area contributed by atoms with Gasteiger partial charge in [-0.25, -0.2) is 0 Å². The van der Waals surface area contributed by atoms with E-state index in [2.05, 4.69) is 29.8 Å². The minimum absolute atomic E-state index is 0.704. The first-order valence-electron chi connectivity index (χ1n) is 9.70. The molecule has 0 aromatic rings. The largest absolute Gasteiger partial charge is 0.330 e. The standard InChI is InChI=1S/C18H42N4/c1-3-20-15-10-13-18(22-17-11-16-21-4-2)12-8-6-5-7-9-14-19/h18,20-22H,3-17,19H2,1-2H3. The lowest BCUT2D eigenvalue weighted by Crippen LogP contribution is -2.32. The van der Waals surface area contributed by atoms with E-state index in [1.165, 1.54) is 57.8 Å². The fourth-order valence-electron chi connectivity index (χ4n) is 2.76. The molecule has 22 heavy (non-hydrogen) atoms. The molecule has 0 radical (unpaired) electrons. The van der Waals surface area contributed by atoms with Crippen molar-refractivity contribution in [1.29, 1.82) is 0 Å². The number of hydrogen-bond donors (Lipinski definition) is 4. The molecule has 0 aliphatic heterocycles. The Morgan fingerprint density at radius 2 is 1.27 bits per heavy atom. The van der Waals surface area contributed by atoms with Gasteiger partial charge in [-0.15, -0.1) is 0 Å². The maximum absolute atomic E-state index is 5.54.